The van der Waals surface area contributed by atoms with Gasteiger partial charge in [0.25, 0.3) is 0 Å². The smallest absolute Gasteiger partial charge is 0.191 e. The molecule has 1 atom stereocenters. The van der Waals surface area contributed by atoms with Gasteiger partial charge in [-0.2, -0.15) is 0 Å². The third-order valence-electron chi connectivity index (χ3n) is 5.93. The Morgan fingerprint density at radius 2 is 2.14 bits per heavy atom. The van der Waals surface area contributed by atoms with E-state index >= 15 is 0 Å². The molecule has 1 aliphatic carbocycles. The molecule has 2 aliphatic rings. The molecule has 1 unspecified atom stereocenters. The maximum Gasteiger partial charge on any atom is 0.191 e. The van der Waals surface area contributed by atoms with Crippen LogP contribution >= 0.6 is 35.3 Å². The van der Waals surface area contributed by atoms with Crippen molar-refractivity contribution in [3.8, 4) is 0 Å². The maximum absolute atomic E-state index is 5.54. The van der Waals surface area contributed by atoms with E-state index in [-0.39, 0.29) is 24.0 Å². The van der Waals surface area contributed by atoms with Crippen molar-refractivity contribution < 1.29 is 9.47 Å². The molecule has 0 spiro atoms. The lowest BCUT2D eigenvalue weighted by molar-refractivity contribution is 0.0176. The lowest BCUT2D eigenvalue weighted by Crippen LogP contribution is -2.49. The second-order valence-corrected chi connectivity index (χ2v) is 8.56. The highest BCUT2D eigenvalue weighted by atomic mass is 127. The SMILES string of the molecule is CN=C(NCC(c1cccs1)N1CCOCC1)NCC1(CCOC)CCC1.I. The summed E-state index contributed by atoms with van der Waals surface area (Å²) < 4.78 is 10.8. The van der Waals surface area contributed by atoms with Gasteiger partial charge in [0, 0.05) is 51.8 Å². The van der Waals surface area contributed by atoms with Crippen molar-refractivity contribution in [3.05, 3.63) is 22.4 Å². The van der Waals surface area contributed by atoms with E-state index in [1.165, 1.54) is 24.1 Å². The monoisotopic (exact) mass is 522 g/mol. The summed E-state index contributed by atoms with van der Waals surface area (Å²) in [5.41, 5.74) is 0.380. The summed E-state index contributed by atoms with van der Waals surface area (Å²) in [7, 11) is 3.64. The molecular weight excluding hydrogens is 487 g/mol. The molecule has 1 saturated heterocycles. The summed E-state index contributed by atoms with van der Waals surface area (Å²) in [6.45, 7) is 6.26. The van der Waals surface area contributed by atoms with E-state index in [0.717, 1.165) is 58.4 Å². The predicted octanol–water partition coefficient (Wildman–Crippen LogP) is 3.11. The van der Waals surface area contributed by atoms with Crippen LogP contribution in [-0.4, -0.2) is 71.0 Å². The summed E-state index contributed by atoms with van der Waals surface area (Å²) in [4.78, 5) is 8.37. The molecule has 0 aromatic carbocycles. The maximum atomic E-state index is 5.54. The Balaban J connectivity index is 0.00000280. The van der Waals surface area contributed by atoms with E-state index in [0.29, 0.717) is 11.5 Å². The first kappa shape index (κ1) is 23.9. The minimum Gasteiger partial charge on any atom is -0.385 e. The molecule has 0 radical (unpaired) electrons. The molecule has 160 valence electrons. The van der Waals surface area contributed by atoms with Gasteiger partial charge in [-0.15, -0.1) is 35.3 Å². The van der Waals surface area contributed by atoms with Crippen LogP contribution in [-0.2, 0) is 9.47 Å². The Labute approximate surface area is 190 Å². The van der Waals surface area contributed by atoms with Crippen LogP contribution in [0.2, 0.25) is 0 Å². The van der Waals surface area contributed by atoms with Gasteiger partial charge in [-0.1, -0.05) is 12.5 Å². The molecule has 2 N–H and O–H groups in total. The second-order valence-electron chi connectivity index (χ2n) is 7.58. The topological polar surface area (TPSA) is 58.1 Å². The molecule has 2 fully saturated rings. The van der Waals surface area contributed by atoms with Crippen molar-refractivity contribution in [1.29, 1.82) is 0 Å². The number of ether oxygens (including phenoxy) is 2. The Bertz CT molecular complexity index is 575. The van der Waals surface area contributed by atoms with E-state index in [1.807, 2.05) is 18.4 Å². The first-order valence-electron chi connectivity index (χ1n) is 10.0. The van der Waals surface area contributed by atoms with Gasteiger partial charge in [0.15, 0.2) is 5.96 Å². The second kappa shape index (κ2) is 12.3. The summed E-state index contributed by atoms with van der Waals surface area (Å²) in [6.07, 6.45) is 5.02. The number of guanidine groups is 1. The molecule has 6 nitrogen and oxygen atoms in total. The first-order chi connectivity index (χ1) is 13.3. The Kier molecular flexibility index (Phi) is 10.5. The van der Waals surface area contributed by atoms with E-state index in [4.69, 9.17) is 9.47 Å². The first-order valence-corrected chi connectivity index (χ1v) is 10.9. The van der Waals surface area contributed by atoms with Crippen LogP contribution in [0.5, 0.6) is 0 Å². The van der Waals surface area contributed by atoms with E-state index in [2.05, 4.69) is 38.0 Å². The van der Waals surface area contributed by atoms with Gasteiger partial charge in [0.2, 0.25) is 0 Å². The van der Waals surface area contributed by atoms with Gasteiger partial charge in [-0.05, 0) is 36.1 Å². The third kappa shape index (κ3) is 6.55. The summed E-state index contributed by atoms with van der Waals surface area (Å²) >= 11 is 1.83. The van der Waals surface area contributed by atoms with Gasteiger partial charge in [-0.25, -0.2) is 0 Å². The zero-order valence-corrected chi connectivity index (χ0v) is 20.3. The molecule has 0 bridgehead atoms. The number of nitrogens with one attached hydrogen (secondary N) is 2. The Morgan fingerprint density at radius 1 is 1.36 bits per heavy atom. The van der Waals surface area contributed by atoms with Crippen molar-refractivity contribution in [2.24, 2.45) is 10.4 Å². The molecule has 1 aromatic heterocycles. The average Bonchev–Trinajstić information content (AvgIpc) is 3.20. The zero-order valence-electron chi connectivity index (χ0n) is 17.1. The number of nitrogens with zero attached hydrogens (tertiary/aromatic N) is 2. The minimum atomic E-state index is 0. The number of morpholine rings is 1. The quantitative estimate of drug-likeness (QED) is 0.297. The van der Waals surface area contributed by atoms with Gasteiger partial charge in [0.05, 0.1) is 19.3 Å². The molecule has 2 heterocycles. The largest absolute Gasteiger partial charge is 0.385 e. The van der Waals surface area contributed by atoms with Crippen molar-refractivity contribution in [2.45, 2.75) is 31.7 Å². The van der Waals surface area contributed by atoms with E-state index in [9.17, 15) is 0 Å². The van der Waals surface area contributed by atoms with Crippen molar-refractivity contribution >= 4 is 41.3 Å². The van der Waals surface area contributed by atoms with Gasteiger partial charge >= 0.3 is 0 Å². The number of halogens is 1. The van der Waals surface area contributed by atoms with Gasteiger partial charge in [0.1, 0.15) is 0 Å². The summed E-state index contributed by atoms with van der Waals surface area (Å²) in [5.74, 6) is 0.897. The molecule has 1 aliphatic heterocycles. The van der Waals surface area contributed by atoms with Crippen LogP contribution in [0.3, 0.4) is 0 Å². The molecule has 3 rings (SSSR count). The Morgan fingerprint density at radius 3 is 2.71 bits per heavy atom. The zero-order chi connectivity index (χ0) is 19.0. The number of hydrogen-bond acceptors (Lipinski definition) is 5. The van der Waals surface area contributed by atoms with Crippen LogP contribution in [0.15, 0.2) is 22.5 Å². The summed E-state index contributed by atoms with van der Waals surface area (Å²) in [6, 6.07) is 4.73. The van der Waals surface area contributed by atoms with Crippen molar-refractivity contribution in [3.63, 3.8) is 0 Å². The average molecular weight is 522 g/mol. The lowest BCUT2D eigenvalue weighted by Gasteiger charge is -2.42. The molecular formula is C20H35IN4O2S. The fraction of sp³-hybridized carbons (Fsp3) is 0.750. The van der Waals surface area contributed by atoms with Crippen molar-refractivity contribution in [1.82, 2.24) is 15.5 Å². The highest BCUT2D eigenvalue weighted by Gasteiger charge is 2.36. The van der Waals surface area contributed by atoms with Crippen molar-refractivity contribution in [2.75, 3.05) is 60.2 Å². The lowest BCUT2D eigenvalue weighted by atomic mass is 9.67. The highest BCUT2D eigenvalue weighted by Crippen LogP contribution is 2.43. The van der Waals surface area contributed by atoms with Gasteiger partial charge < -0.3 is 20.1 Å². The van der Waals surface area contributed by atoms with Crippen LogP contribution < -0.4 is 10.6 Å². The Hall–Kier alpha value is -0.420. The number of methoxy groups -OCH3 is 1. The summed E-state index contributed by atoms with van der Waals surface area (Å²) in [5, 5.41) is 9.29. The number of thiophene rings is 1. The molecule has 1 aromatic rings. The minimum absolute atomic E-state index is 0. The normalized spacial score (nSPS) is 20.7. The molecule has 8 heteroatoms. The predicted molar refractivity (Wildman–Crippen MR) is 127 cm³/mol. The molecule has 28 heavy (non-hydrogen) atoms. The van der Waals surface area contributed by atoms with Crippen LogP contribution in [0.4, 0.5) is 0 Å². The standard InChI is InChI=1S/C20H34N4O2S.HI/c1-21-19(23-16-20(6-4-7-20)8-11-25-2)22-15-17(18-5-3-14-27-18)24-9-12-26-13-10-24;/h3,5,14,17H,4,6-13,15-16H2,1-2H3,(H2,21,22,23);1H. The number of hydrogen-bond donors (Lipinski definition) is 2. The van der Waals surface area contributed by atoms with Gasteiger partial charge in [-0.3, -0.25) is 9.89 Å². The highest BCUT2D eigenvalue weighted by molar-refractivity contribution is 14.0. The fourth-order valence-corrected chi connectivity index (χ4v) is 4.84. The van der Waals surface area contributed by atoms with E-state index in [1.54, 1.807) is 7.11 Å². The van der Waals surface area contributed by atoms with Crippen LogP contribution in [0.25, 0.3) is 0 Å². The fourth-order valence-electron chi connectivity index (χ4n) is 3.98. The van der Waals surface area contributed by atoms with E-state index < -0.39 is 0 Å². The van der Waals surface area contributed by atoms with Crippen LogP contribution in [0, 0.1) is 5.41 Å². The molecule has 0 amide bonds. The third-order valence-corrected chi connectivity index (χ3v) is 6.90. The molecule has 1 saturated carbocycles. The van der Waals surface area contributed by atoms with Crippen LogP contribution in [0.1, 0.15) is 36.6 Å². The number of aliphatic imine (C=N–C) groups is 1. The number of rotatable bonds is 9.